The highest BCUT2D eigenvalue weighted by atomic mass is 19.2. The van der Waals surface area contributed by atoms with Crippen molar-refractivity contribution >= 4 is 0 Å². The second-order valence-electron chi connectivity index (χ2n) is 6.24. The minimum atomic E-state index is -0.820. The number of halogens is 2. The topological polar surface area (TPSA) is 12.0 Å². The van der Waals surface area contributed by atoms with Crippen LogP contribution in [-0.4, -0.2) is 7.05 Å². The molecule has 2 aromatic rings. The molecule has 3 heteroatoms. The number of rotatable bonds is 3. The van der Waals surface area contributed by atoms with Gasteiger partial charge in [-0.05, 0) is 29.7 Å². The molecule has 1 atom stereocenters. The lowest BCUT2D eigenvalue weighted by molar-refractivity contribution is 0.487. The van der Waals surface area contributed by atoms with Crippen LogP contribution in [0.25, 0.3) is 0 Å². The third-order valence-corrected chi connectivity index (χ3v) is 3.69. The smallest absolute Gasteiger partial charge is 0.163 e. The molecule has 0 spiro atoms. The van der Waals surface area contributed by atoms with E-state index >= 15 is 0 Å². The van der Waals surface area contributed by atoms with E-state index in [1.807, 2.05) is 24.3 Å². The first kappa shape index (κ1) is 15.6. The molecule has 0 amide bonds. The second kappa shape index (κ2) is 5.94. The number of hydrogen-bond acceptors (Lipinski definition) is 1. The van der Waals surface area contributed by atoms with E-state index < -0.39 is 11.6 Å². The molecule has 0 saturated heterocycles. The minimum absolute atomic E-state index is 0.0672. The fourth-order valence-electron chi connectivity index (χ4n) is 2.42. The van der Waals surface area contributed by atoms with E-state index in [9.17, 15) is 8.78 Å². The molecular formula is C18H21F2N. The number of nitrogens with one attached hydrogen (secondary N) is 1. The Labute approximate surface area is 125 Å². The Kier molecular flexibility index (Phi) is 4.43. The Balaban J connectivity index is 2.40. The van der Waals surface area contributed by atoms with E-state index in [-0.39, 0.29) is 11.5 Å². The molecule has 1 nitrogen and oxygen atoms in total. The highest BCUT2D eigenvalue weighted by Gasteiger charge is 2.19. The highest BCUT2D eigenvalue weighted by molar-refractivity contribution is 5.36. The SMILES string of the molecule is CNC(c1ccc(C(C)(C)C)cc1)c1cccc(F)c1F. The van der Waals surface area contributed by atoms with Crippen LogP contribution < -0.4 is 5.32 Å². The molecular weight excluding hydrogens is 268 g/mol. The summed E-state index contributed by atoms with van der Waals surface area (Å²) in [6.45, 7) is 6.43. The van der Waals surface area contributed by atoms with Gasteiger partial charge in [-0.1, -0.05) is 57.2 Å². The zero-order valence-electron chi connectivity index (χ0n) is 12.9. The maximum atomic E-state index is 14.0. The Morgan fingerprint density at radius 1 is 0.952 bits per heavy atom. The van der Waals surface area contributed by atoms with Crippen molar-refractivity contribution in [2.75, 3.05) is 7.05 Å². The van der Waals surface area contributed by atoms with Gasteiger partial charge in [-0.2, -0.15) is 0 Å². The third-order valence-electron chi connectivity index (χ3n) is 3.69. The first-order valence-electron chi connectivity index (χ1n) is 7.06. The summed E-state index contributed by atoms with van der Waals surface area (Å²) in [5.74, 6) is -1.61. The fraction of sp³-hybridized carbons (Fsp3) is 0.333. The molecule has 1 N–H and O–H groups in total. The molecule has 0 aromatic heterocycles. The normalized spacial score (nSPS) is 13.2. The van der Waals surface area contributed by atoms with Crippen molar-refractivity contribution in [3.63, 3.8) is 0 Å². The van der Waals surface area contributed by atoms with Gasteiger partial charge in [0.05, 0.1) is 6.04 Å². The summed E-state index contributed by atoms with van der Waals surface area (Å²) in [6.07, 6.45) is 0. The summed E-state index contributed by atoms with van der Waals surface area (Å²) in [5.41, 5.74) is 2.51. The quantitative estimate of drug-likeness (QED) is 0.872. The van der Waals surface area contributed by atoms with Gasteiger partial charge in [0.1, 0.15) is 0 Å². The van der Waals surface area contributed by atoms with Crippen molar-refractivity contribution in [1.82, 2.24) is 5.32 Å². The van der Waals surface area contributed by atoms with Gasteiger partial charge in [0.25, 0.3) is 0 Å². The first-order valence-corrected chi connectivity index (χ1v) is 7.06. The van der Waals surface area contributed by atoms with Crippen molar-refractivity contribution in [1.29, 1.82) is 0 Å². The maximum Gasteiger partial charge on any atom is 0.163 e. The van der Waals surface area contributed by atoms with Crippen LogP contribution in [-0.2, 0) is 5.41 Å². The van der Waals surface area contributed by atoms with Crippen molar-refractivity contribution < 1.29 is 8.78 Å². The molecule has 2 aromatic carbocycles. The van der Waals surface area contributed by atoms with Gasteiger partial charge in [0.15, 0.2) is 11.6 Å². The monoisotopic (exact) mass is 289 g/mol. The number of benzene rings is 2. The number of hydrogen-bond donors (Lipinski definition) is 1. The van der Waals surface area contributed by atoms with Gasteiger partial charge in [0.2, 0.25) is 0 Å². The third kappa shape index (κ3) is 3.30. The highest BCUT2D eigenvalue weighted by Crippen LogP contribution is 2.28. The van der Waals surface area contributed by atoms with E-state index in [4.69, 9.17) is 0 Å². The van der Waals surface area contributed by atoms with Crippen molar-refractivity contribution in [2.45, 2.75) is 32.2 Å². The van der Waals surface area contributed by atoms with Crippen molar-refractivity contribution in [3.8, 4) is 0 Å². The van der Waals surface area contributed by atoms with Crippen LogP contribution in [0.15, 0.2) is 42.5 Å². The lowest BCUT2D eigenvalue weighted by Crippen LogP contribution is -2.20. The summed E-state index contributed by atoms with van der Waals surface area (Å²) in [7, 11) is 1.74. The molecule has 112 valence electrons. The Morgan fingerprint density at radius 3 is 2.10 bits per heavy atom. The summed E-state index contributed by atoms with van der Waals surface area (Å²) in [5, 5.41) is 3.05. The van der Waals surface area contributed by atoms with Gasteiger partial charge in [-0.15, -0.1) is 0 Å². The Bertz CT molecular complexity index is 612. The Morgan fingerprint density at radius 2 is 1.57 bits per heavy atom. The van der Waals surface area contributed by atoms with E-state index in [0.717, 1.165) is 11.6 Å². The molecule has 0 radical (unpaired) electrons. The van der Waals surface area contributed by atoms with Crippen LogP contribution in [0.5, 0.6) is 0 Å². The lowest BCUT2D eigenvalue weighted by Gasteiger charge is -2.22. The van der Waals surface area contributed by atoms with Crippen LogP contribution in [0.1, 0.15) is 43.5 Å². The van der Waals surface area contributed by atoms with Gasteiger partial charge in [-0.3, -0.25) is 0 Å². The molecule has 0 heterocycles. The van der Waals surface area contributed by atoms with Gasteiger partial charge in [-0.25, -0.2) is 8.78 Å². The fourth-order valence-corrected chi connectivity index (χ4v) is 2.42. The van der Waals surface area contributed by atoms with Crippen LogP contribution >= 0.6 is 0 Å². The summed E-state index contributed by atoms with van der Waals surface area (Å²) >= 11 is 0. The minimum Gasteiger partial charge on any atom is -0.309 e. The summed E-state index contributed by atoms with van der Waals surface area (Å²) in [6, 6.07) is 11.9. The average Bonchev–Trinajstić information content (AvgIpc) is 2.44. The van der Waals surface area contributed by atoms with Crippen LogP contribution in [0, 0.1) is 11.6 Å². The summed E-state index contributed by atoms with van der Waals surface area (Å²) < 4.78 is 27.4. The average molecular weight is 289 g/mol. The van der Waals surface area contributed by atoms with Gasteiger partial charge < -0.3 is 5.32 Å². The Hall–Kier alpha value is -1.74. The largest absolute Gasteiger partial charge is 0.309 e. The molecule has 0 fully saturated rings. The maximum absolute atomic E-state index is 14.0. The molecule has 21 heavy (non-hydrogen) atoms. The van der Waals surface area contributed by atoms with Crippen LogP contribution in [0.3, 0.4) is 0 Å². The van der Waals surface area contributed by atoms with Crippen molar-refractivity contribution in [2.24, 2.45) is 0 Å². The molecule has 0 bridgehead atoms. The lowest BCUT2D eigenvalue weighted by atomic mass is 9.86. The van der Waals surface area contributed by atoms with Gasteiger partial charge >= 0.3 is 0 Å². The molecule has 0 saturated carbocycles. The molecule has 0 aliphatic rings. The van der Waals surface area contributed by atoms with E-state index in [1.165, 1.54) is 11.6 Å². The molecule has 0 aliphatic carbocycles. The van der Waals surface area contributed by atoms with Crippen LogP contribution in [0.4, 0.5) is 8.78 Å². The predicted molar refractivity (Wildman–Crippen MR) is 82.4 cm³/mol. The van der Waals surface area contributed by atoms with Crippen LogP contribution in [0.2, 0.25) is 0 Å². The van der Waals surface area contributed by atoms with E-state index in [2.05, 4.69) is 26.1 Å². The molecule has 2 rings (SSSR count). The standard InChI is InChI=1S/C18H21F2N/c1-18(2,3)13-10-8-12(9-11-13)17(21-4)14-6-5-7-15(19)16(14)20/h5-11,17,21H,1-4H3. The van der Waals surface area contributed by atoms with Crippen molar-refractivity contribution in [3.05, 3.63) is 70.8 Å². The van der Waals surface area contributed by atoms with E-state index in [1.54, 1.807) is 13.1 Å². The molecule has 0 aliphatic heterocycles. The summed E-state index contributed by atoms with van der Waals surface area (Å²) in [4.78, 5) is 0. The predicted octanol–water partition coefficient (Wildman–Crippen LogP) is 4.57. The zero-order chi connectivity index (χ0) is 15.6. The first-order chi connectivity index (χ1) is 9.84. The molecule has 1 unspecified atom stereocenters. The van der Waals surface area contributed by atoms with Gasteiger partial charge in [0, 0.05) is 5.56 Å². The van der Waals surface area contributed by atoms with E-state index in [0.29, 0.717) is 5.56 Å². The zero-order valence-corrected chi connectivity index (χ0v) is 12.9. The second-order valence-corrected chi connectivity index (χ2v) is 6.24.